The summed E-state index contributed by atoms with van der Waals surface area (Å²) in [6, 6.07) is 9.02. The Bertz CT molecular complexity index is 297. The highest BCUT2D eigenvalue weighted by Crippen LogP contribution is 2.22. The minimum Gasteiger partial charge on any atom is -0.381 e. The summed E-state index contributed by atoms with van der Waals surface area (Å²) in [5.74, 6) is 0. The van der Waals surface area contributed by atoms with Crippen molar-refractivity contribution in [2.75, 3.05) is 5.32 Å². The molecule has 1 aromatic carbocycles. The van der Waals surface area contributed by atoms with Crippen LogP contribution in [0.3, 0.4) is 0 Å². The highest BCUT2D eigenvalue weighted by Gasteiger charge is 2.23. The van der Waals surface area contributed by atoms with Gasteiger partial charge in [-0.3, -0.25) is 0 Å². The summed E-state index contributed by atoms with van der Waals surface area (Å²) < 4.78 is 1.11. The molecule has 0 heterocycles. The van der Waals surface area contributed by atoms with E-state index in [0.717, 1.165) is 16.6 Å². The van der Waals surface area contributed by atoms with E-state index in [1.165, 1.54) is 12.8 Å². The number of anilines is 1. The van der Waals surface area contributed by atoms with Crippen LogP contribution in [0.2, 0.25) is 0 Å². The summed E-state index contributed by atoms with van der Waals surface area (Å²) in [5, 5.41) is 3.47. The summed E-state index contributed by atoms with van der Waals surface area (Å²) in [6.07, 6.45) is 3.58. The summed E-state index contributed by atoms with van der Waals surface area (Å²) in [7, 11) is 0. The molecule has 14 heavy (non-hydrogen) atoms. The van der Waals surface area contributed by atoms with Crippen molar-refractivity contribution in [1.82, 2.24) is 0 Å². The van der Waals surface area contributed by atoms with E-state index in [9.17, 15) is 0 Å². The third-order valence-electron chi connectivity index (χ3n) is 2.77. The molecule has 0 bridgehead atoms. The van der Waals surface area contributed by atoms with Gasteiger partial charge in [0.05, 0.1) is 0 Å². The lowest BCUT2D eigenvalue weighted by Gasteiger charge is -2.18. The predicted octanol–water partition coefficient (Wildman–Crippen LogP) is 2.74. The molecule has 1 saturated carbocycles. The van der Waals surface area contributed by atoms with Crippen LogP contribution in [0.15, 0.2) is 28.7 Å². The van der Waals surface area contributed by atoms with Gasteiger partial charge in [-0.05, 0) is 43.5 Å². The average Bonchev–Trinajstić information content (AvgIpc) is 2.56. The second-order valence-corrected chi connectivity index (χ2v) is 4.77. The van der Waals surface area contributed by atoms with Gasteiger partial charge in [0.15, 0.2) is 0 Å². The standard InChI is InChI=1S/C11H15BrN2/c12-8-4-6-9(7-5-8)14-11-3-1-2-10(11)13/h4-7,10-11,14H,1-3,13H2. The lowest BCUT2D eigenvalue weighted by Crippen LogP contribution is -2.35. The zero-order chi connectivity index (χ0) is 9.97. The van der Waals surface area contributed by atoms with Gasteiger partial charge in [0.25, 0.3) is 0 Å². The Balaban J connectivity index is 2.00. The summed E-state index contributed by atoms with van der Waals surface area (Å²) in [5.41, 5.74) is 7.15. The Morgan fingerprint density at radius 3 is 2.50 bits per heavy atom. The molecule has 2 unspecified atom stereocenters. The lowest BCUT2D eigenvalue weighted by molar-refractivity contribution is 0.638. The van der Waals surface area contributed by atoms with Crippen molar-refractivity contribution in [2.45, 2.75) is 31.3 Å². The monoisotopic (exact) mass is 254 g/mol. The van der Waals surface area contributed by atoms with Gasteiger partial charge in [0, 0.05) is 22.2 Å². The van der Waals surface area contributed by atoms with Gasteiger partial charge < -0.3 is 11.1 Å². The van der Waals surface area contributed by atoms with Crippen molar-refractivity contribution < 1.29 is 0 Å². The maximum Gasteiger partial charge on any atom is 0.0412 e. The smallest absolute Gasteiger partial charge is 0.0412 e. The van der Waals surface area contributed by atoms with Crippen LogP contribution >= 0.6 is 15.9 Å². The van der Waals surface area contributed by atoms with Gasteiger partial charge in [0.1, 0.15) is 0 Å². The van der Waals surface area contributed by atoms with Crippen LogP contribution < -0.4 is 11.1 Å². The van der Waals surface area contributed by atoms with E-state index in [0.29, 0.717) is 12.1 Å². The third kappa shape index (κ3) is 2.28. The topological polar surface area (TPSA) is 38.0 Å². The SMILES string of the molecule is NC1CCCC1Nc1ccc(Br)cc1. The molecular weight excluding hydrogens is 240 g/mol. The average molecular weight is 255 g/mol. The second kappa shape index (κ2) is 4.32. The van der Waals surface area contributed by atoms with Crippen LogP contribution in [0.5, 0.6) is 0 Å². The zero-order valence-corrected chi connectivity index (χ0v) is 9.63. The molecule has 1 aromatic rings. The van der Waals surface area contributed by atoms with Gasteiger partial charge >= 0.3 is 0 Å². The number of benzene rings is 1. The third-order valence-corrected chi connectivity index (χ3v) is 3.29. The molecule has 0 radical (unpaired) electrons. The first kappa shape index (κ1) is 9.99. The highest BCUT2D eigenvalue weighted by atomic mass is 79.9. The molecule has 2 atom stereocenters. The van der Waals surface area contributed by atoms with Crippen LogP contribution in [-0.2, 0) is 0 Å². The van der Waals surface area contributed by atoms with Gasteiger partial charge in [-0.1, -0.05) is 15.9 Å². The Morgan fingerprint density at radius 2 is 1.93 bits per heavy atom. The molecule has 0 spiro atoms. The Hall–Kier alpha value is -0.540. The molecule has 0 aromatic heterocycles. The molecule has 2 rings (SSSR count). The molecule has 76 valence electrons. The first-order chi connectivity index (χ1) is 6.75. The molecule has 0 amide bonds. The van der Waals surface area contributed by atoms with Crippen LogP contribution in [0.25, 0.3) is 0 Å². The van der Waals surface area contributed by atoms with Gasteiger partial charge in [-0.15, -0.1) is 0 Å². The number of nitrogens with two attached hydrogens (primary N) is 1. The quantitative estimate of drug-likeness (QED) is 0.852. The minimum atomic E-state index is 0.318. The molecular formula is C11H15BrN2. The fourth-order valence-electron chi connectivity index (χ4n) is 1.93. The number of nitrogens with one attached hydrogen (secondary N) is 1. The van der Waals surface area contributed by atoms with Crippen molar-refractivity contribution in [2.24, 2.45) is 5.73 Å². The van der Waals surface area contributed by atoms with Gasteiger partial charge in [-0.25, -0.2) is 0 Å². The zero-order valence-electron chi connectivity index (χ0n) is 8.04. The minimum absolute atomic E-state index is 0.318. The van der Waals surface area contributed by atoms with E-state index in [2.05, 4.69) is 33.4 Å². The maximum absolute atomic E-state index is 5.98. The van der Waals surface area contributed by atoms with Crippen molar-refractivity contribution in [1.29, 1.82) is 0 Å². The number of hydrogen-bond acceptors (Lipinski definition) is 2. The van der Waals surface area contributed by atoms with Crippen molar-refractivity contribution in [3.63, 3.8) is 0 Å². The van der Waals surface area contributed by atoms with Crippen molar-refractivity contribution in [3.8, 4) is 0 Å². The molecule has 3 heteroatoms. The van der Waals surface area contributed by atoms with E-state index in [-0.39, 0.29) is 0 Å². The molecule has 1 fully saturated rings. The van der Waals surface area contributed by atoms with Crippen LogP contribution in [0, 0.1) is 0 Å². The molecule has 3 N–H and O–H groups in total. The fraction of sp³-hybridized carbons (Fsp3) is 0.455. The van der Waals surface area contributed by atoms with E-state index in [4.69, 9.17) is 5.73 Å². The normalized spacial score (nSPS) is 26.4. The molecule has 1 aliphatic rings. The fourth-order valence-corrected chi connectivity index (χ4v) is 2.19. The predicted molar refractivity (Wildman–Crippen MR) is 63.4 cm³/mol. The van der Waals surface area contributed by atoms with Gasteiger partial charge in [0.2, 0.25) is 0 Å². The van der Waals surface area contributed by atoms with E-state index >= 15 is 0 Å². The molecule has 0 aliphatic heterocycles. The summed E-state index contributed by atoms with van der Waals surface area (Å²) in [6.45, 7) is 0. The van der Waals surface area contributed by atoms with Gasteiger partial charge in [-0.2, -0.15) is 0 Å². The largest absolute Gasteiger partial charge is 0.381 e. The highest BCUT2D eigenvalue weighted by molar-refractivity contribution is 9.10. The van der Waals surface area contributed by atoms with E-state index < -0.39 is 0 Å². The van der Waals surface area contributed by atoms with Crippen molar-refractivity contribution in [3.05, 3.63) is 28.7 Å². The Morgan fingerprint density at radius 1 is 1.21 bits per heavy atom. The maximum atomic E-state index is 5.98. The number of rotatable bonds is 2. The second-order valence-electron chi connectivity index (χ2n) is 3.85. The molecule has 2 nitrogen and oxygen atoms in total. The summed E-state index contributed by atoms with van der Waals surface area (Å²) in [4.78, 5) is 0. The Labute approximate surface area is 93.0 Å². The van der Waals surface area contributed by atoms with Crippen LogP contribution in [0.1, 0.15) is 19.3 Å². The van der Waals surface area contributed by atoms with Crippen LogP contribution in [0.4, 0.5) is 5.69 Å². The molecule has 1 aliphatic carbocycles. The number of hydrogen-bond donors (Lipinski definition) is 2. The molecule has 0 saturated heterocycles. The first-order valence-electron chi connectivity index (χ1n) is 5.03. The first-order valence-corrected chi connectivity index (χ1v) is 5.83. The lowest BCUT2D eigenvalue weighted by atomic mass is 10.2. The van der Waals surface area contributed by atoms with E-state index in [1.54, 1.807) is 0 Å². The van der Waals surface area contributed by atoms with Crippen LogP contribution in [-0.4, -0.2) is 12.1 Å². The summed E-state index contributed by atoms with van der Waals surface area (Å²) >= 11 is 3.42. The Kier molecular flexibility index (Phi) is 3.08. The number of halogens is 1. The van der Waals surface area contributed by atoms with E-state index in [1.807, 2.05) is 12.1 Å². The van der Waals surface area contributed by atoms with Crippen molar-refractivity contribution >= 4 is 21.6 Å².